The maximum atomic E-state index is 13.2. The lowest BCUT2D eigenvalue weighted by molar-refractivity contribution is 0.111. The van der Waals surface area contributed by atoms with Crippen molar-refractivity contribution in [2.75, 3.05) is 0 Å². The van der Waals surface area contributed by atoms with Crippen molar-refractivity contribution in [3.63, 3.8) is 0 Å². The summed E-state index contributed by atoms with van der Waals surface area (Å²) in [7, 11) is 0. The summed E-state index contributed by atoms with van der Waals surface area (Å²) in [6, 6.07) is 6.89. The second-order valence-electron chi connectivity index (χ2n) is 3.22. The number of aldehydes is 1. The smallest absolute Gasteiger partial charge is 0.171 e. The lowest BCUT2D eigenvalue weighted by Gasteiger charge is -2.02. The van der Waals surface area contributed by atoms with Crippen molar-refractivity contribution in [1.29, 1.82) is 0 Å². The number of hydrogen-bond donors (Lipinski definition) is 0. The Morgan fingerprint density at radius 1 is 1.12 bits per heavy atom. The van der Waals surface area contributed by atoms with Crippen LogP contribution in [0, 0.1) is 11.6 Å². The molecule has 80 valence electrons. The predicted octanol–water partition coefficient (Wildman–Crippen LogP) is 2.84. The first-order chi connectivity index (χ1) is 7.70. The third-order valence-electron chi connectivity index (χ3n) is 2.14. The summed E-state index contributed by atoms with van der Waals surface area (Å²) in [4.78, 5) is 14.0. The van der Waals surface area contributed by atoms with E-state index in [2.05, 4.69) is 4.98 Å². The van der Waals surface area contributed by atoms with E-state index in [4.69, 9.17) is 0 Å². The zero-order valence-corrected chi connectivity index (χ0v) is 8.15. The van der Waals surface area contributed by atoms with Gasteiger partial charge < -0.3 is 0 Å². The fourth-order valence-corrected chi connectivity index (χ4v) is 1.36. The molecule has 0 bridgehead atoms. The fourth-order valence-electron chi connectivity index (χ4n) is 1.36. The van der Waals surface area contributed by atoms with Gasteiger partial charge in [0, 0.05) is 11.8 Å². The number of carbonyl (C=O) groups is 1. The van der Waals surface area contributed by atoms with E-state index in [-0.39, 0.29) is 5.69 Å². The number of benzene rings is 1. The lowest BCUT2D eigenvalue weighted by Crippen LogP contribution is -1.93. The third-order valence-corrected chi connectivity index (χ3v) is 2.14. The quantitative estimate of drug-likeness (QED) is 0.727. The van der Waals surface area contributed by atoms with E-state index in [1.807, 2.05) is 0 Å². The first-order valence-electron chi connectivity index (χ1n) is 4.57. The molecule has 0 N–H and O–H groups in total. The second-order valence-corrected chi connectivity index (χ2v) is 3.22. The van der Waals surface area contributed by atoms with Gasteiger partial charge in [-0.25, -0.2) is 13.8 Å². The molecule has 0 saturated carbocycles. The predicted molar refractivity (Wildman–Crippen MR) is 55.0 cm³/mol. The van der Waals surface area contributed by atoms with Crippen LogP contribution in [-0.4, -0.2) is 11.3 Å². The Kier molecular flexibility index (Phi) is 2.72. The molecule has 2 rings (SSSR count). The van der Waals surface area contributed by atoms with Gasteiger partial charge >= 0.3 is 0 Å². The zero-order chi connectivity index (χ0) is 11.5. The molecule has 1 heterocycles. The van der Waals surface area contributed by atoms with E-state index in [0.29, 0.717) is 17.4 Å². The molecule has 2 nitrogen and oxygen atoms in total. The molecular weight excluding hydrogens is 212 g/mol. The van der Waals surface area contributed by atoms with Crippen molar-refractivity contribution in [2.24, 2.45) is 0 Å². The molecule has 0 saturated heterocycles. The van der Waals surface area contributed by atoms with E-state index >= 15 is 0 Å². The highest BCUT2D eigenvalue weighted by Crippen LogP contribution is 2.20. The average Bonchev–Trinajstić information content (AvgIpc) is 2.29. The summed E-state index contributed by atoms with van der Waals surface area (Å²) in [5.74, 6) is -1.12. The number of aromatic nitrogens is 1. The lowest BCUT2D eigenvalue weighted by atomic mass is 10.1. The van der Waals surface area contributed by atoms with Gasteiger partial charge in [-0.2, -0.15) is 0 Å². The molecule has 1 aromatic carbocycles. The molecule has 1 aromatic heterocycles. The summed E-state index contributed by atoms with van der Waals surface area (Å²) < 4.78 is 26.2. The summed E-state index contributed by atoms with van der Waals surface area (Å²) >= 11 is 0. The minimum atomic E-state index is -0.711. The first kappa shape index (κ1) is 10.4. The van der Waals surface area contributed by atoms with Gasteiger partial charge in [-0.3, -0.25) is 4.79 Å². The number of rotatable bonds is 2. The molecule has 0 atom stereocenters. The summed E-state index contributed by atoms with van der Waals surface area (Å²) in [6.45, 7) is 0. The number of hydrogen-bond acceptors (Lipinski definition) is 2. The van der Waals surface area contributed by atoms with Gasteiger partial charge in [0.2, 0.25) is 0 Å². The highest BCUT2D eigenvalue weighted by Gasteiger charge is 2.06. The topological polar surface area (TPSA) is 30.0 Å². The molecule has 0 radical (unpaired) electrons. The van der Waals surface area contributed by atoms with Crippen LogP contribution in [-0.2, 0) is 0 Å². The van der Waals surface area contributed by atoms with E-state index in [0.717, 1.165) is 6.07 Å². The van der Waals surface area contributed by atoms with Gasteiger partial charge in [0.25, 0.3) is 0 Å². The van der Waals surface area contributed by atoms with Crippen molar-refractivity contribution in [3.8, 4) is 11.1 Å². The van der Waals surface area contributed by atoms with Crippen LogP contribution in [0.25, 0.3) is 11.1 Å². The van der Waals surface area contributed by atoms with Crippen LogP contribution in [0.15, 0.2) is 36.5 Å². The van der Waals surface area contributed by atoms with Crippen molar-refractivity contribution < 1.29 is 13.6 Å². The summed E-state index contributed by atoms with van der Waals surface area (Å²) in [6.07, 6.45) is 1.67. The monoisotopic (exact) mass is 219 g/mol. The van der Waals surface area contributed by atoms with E-state index in [1.165, 1.54) is 24.4 Å². The zero-order valence-electron chi connectivity index (χ0n) is 8.15. The van der Waals surface area contributed by atoms with Crippen molar-refractivity contribution in [2.45, 2.75) is 0 Å². The van der Waals surface area contributed by atoms with Gasteiger partial charge in [0.05, 0.1) is 0 Å². The molecule has 4 heteroatoms. The molecule has 0 amide bonds. The van der Waals surface area contributed by atoms with Gasteiger partial charge in [-0.05, 0) is 23.8 Å². The Balaban J connectivity index is 2.49. The molecule has 2 aromatic rings. The standard InChI is InChI=1S/C12H7F2NO/c13-10-3-1-2-8(4-10)9-5-11(14)12(7-16)15-6-9/h1-7H. The van der Waals surface area contributed by atoms with Crippen LogP contribution in [0.1, 0.15) is 10.5 Å². The SMILES string of the molecule is O=Cc1ncc(-c2cccc(F)c2)cc1F. The molecule has 0 unspecified atom stereocenters. The minimum absolute atomic E-state index is 0.250. The number of pyridine rings is 1. The Hall–Kier alpha value is -2.10. The Morgan fingerprint density at radius 3 is 2.56 bits per heavy atom. The third kappa shape index (κ3) is 1.95. The molecule has 0 spiro atoms. The summed E-state index contributed by atoms with van der Waals surface area (Å²) in [5.41, 5.74) is 0.701. The van der Waals surface area contributed by atoms with E-state index < -0.39 is 11.6 Å². The van der Waals surface area contributed by atoms with Crippen LogP contribution in [0.3, 0.4) is 0 Å². The largest absolute Gasteiger partial charge is 0.296 e. The van der Waals surface area contributed by atoms with Crippen LogP contribution in [0.2, 0.25) is 0 Å². The van der Waals surface area contributed by atoms with Crippen molar-refractivity contribution in [1.82, 2.24) is 4.98 Å². The van der Waals surface area contributed by atoms with Crippen LogP contribution >= 0.6 is 0 Å². The maximum absolute atomic E-state index is 13.2. The maximum Gasteiger partial charge on any atom is 0.171 e. The normalized spacial score (nSPS) is 10.1. The molecule has 0 aliphatic rings. The van der Waals surface area contributed by atoms with Crippen molar-refractivity contribution >= 4 is 6.29 Å². The van der Waals surface area contributed by atoms with Crippen molar-refractivity contribution in [3.05, 3.63) is 53.9 Å². The van der Waals surface area contributed by atoms with Crippen LogP contribution in [0.4, 0.5) is 8.78 Å². The van der Waals surface area contributed by atoms with Gasteiger partial charge in [0.1, 0.15) is 11.5 Å². The highest BCUT2D eigenvalue weighted by molar-refractivity contribution is 5.74. The van der Waals surface area contributed by atoms with Crippen LogP contribution < -0.4 is 0 Å². The second kappa shape index (κ2) is 4.18. The molecule has 0 aliphatic carbocycles. The van der Waals surface area contributed by atoms with Gasteiger partial charge in [0.15, 0.2) is 12.1 Å². The number of halogens is 2. The highest BCUT2D eigenvalue weighted by atomic mass is 19.1. The molecule has 0 fully saturated rings. The minimum Gasteiger partial charge on any atom is -0.296 e. The average molecular weight is 219 g/mol. The van der Waals surface area contributed by atoms with E-state index in [9.17, 15) is 13.6 Å². The Bertz CT molecular complexity index is 540. The molecular formula is C12H7F2NO. The van der Waals surface area contributed by atoms with Crippen LogP contribution in [0.5, 0.6) is 0 Å². The first-order valence-corrected chi connectivity index (χ1v) is 4.57. The number of nitrogens with zero attached hydrogens (tertiary/aromatic N) is 1. The summed E-state index contributed by atoms with van der Waals surface area (Å²) in [5, 5.41) is 0. The van der Waals surface area contributed by atoms with Gasteiger partial charge in [-0.1, -0.05) is 12.1 Å². The fraction of sp³-hybridized carbons (Fsp3) is 0. The number of carbonyl (C=O) groups excluding carboxylic acids is 1. The molecule has 16 heavy (non-hydrogen) atoms. The van der Waals surface area contributed by atoms with Gasteiger partial charge in [-0.15, -0.1) is 0 Å². The Morgan fingerprint density at radius 2 is 1.94 bits per heavy atom. The van der Waals surface area contributed by atoms with E-state index in [1.54, 1.807) is 6.07 Å². The molecule has 0 aliphatic heterocycles. The Labute approximate surface area is 90.6 Å².